The van der Waals surface area contributed by atoms with Crippen molar-refractivity contribution in [3.8, 4) is 5.75 Å². The second-order valence-electron chi connectivity index (χ2n) is 6.52. The summed E-state index contributed by atoms with van der Waals surface area (Å²) in [5.41, 5.74) is 3.01. The standard InChI is InChI=1S/C22H19FN4O2S/c1-29-18-10-8-17(9-11-18)25-20(28)13-27-21-19(3-2-12-24-21)26-22(27)30-14-15-4-6-16(23)7-5-15/h2-12H,13-14H2,1H3,(H,25,28). The number of carbonyl (C=O) groups is 1. The largest absolute Gasteiger partial charge is 0.497 e. The van der Waals surface area contributed by atoms with Gasteiger partial charge in [0.2, 0.25) is 5.91 Å². The van der Waals surface area contributed by atoms with Crippen molar-refractivity contribution in [2.24, 2.45) is 0 Å². The molecule has 4 rings (SSSR count). The summed E-state index contributed by atoms with van der Waals surface area (Å²) in [5, 5.41) is 3.56. The molecule has 0 aliphatic carbocycles. The first-order chi connectivity index (χ1) is 14.6. The van der Waals surface area contributed by atoms with E-state index in [1.807, 2.05) is 12.1 Å². The monoisotopic (exact) mass is 422 g/mol. The van der Waals surface area contributed by atoms with E-state index < -0.39 is 0 Å². The topological polar surface area (TPSA) is 69.0 Å². The van der Waals surface area contributed by atoms with Gasteiger partial charge in [-0.15, -0.1) is 0 Å². The Labute approximate surface area is 177 Å². The van der Waals surface area contributed by atoms with Crippen LogP contribution in [0.25, 0.3) is 11.2 Å². The fourth-order valence-electron chi connectivity index (χ4n) is 2.94. The van der Waals surface area contributed by atoms with E-state index in [9.17, 15) is 9.18 Å². The first-order valence-electron chi connectivity index (χ1n) is 9.25. The molecule has 2 aromatic carbocycles. The lowest BCUT2D eigenvalue weighted by molar-refractivity contribution is -0.116. The molecule has 0 fully saturated rings. The van der Waals surface area contributed by atoms with Gasteiger partial charge in [-0.05, 0) is 54.1 Å². The highest BCUT2D eigenvalue weighted by molar-refractivity contribution is 7.98. The Balaban J connectivity index is 1.53. The van der Waals surface area contributed by atoms with Gasteiger partial charge in [0.15, 0.2) is 10.8 Å². The molecular weight excluding hydrogens is 403 g/mol. The zero-order chi connectivity index (χ0) is 20.9. The number of anilines is 1. The van der Waals surface area contributed by atoms with Crippen molar-refractivity contribution in [3.05, 3.63) is 78.2 Å². The highest BCUT2D eigenvalue weighted by atomic mass is 32.2. The number of imidazole rings is 1. The van der Waals surface area contributed by atoms with Crippen molar-refractivity contribution in [2.45, 2.75) is 17.5 Å². The van der Waals surface area contributed by atoms with Crippen LogP contribution in [0.3, 0.4) is 0 Å². The van der Waals surface area contributed by atoms with Crippen molar-refractivity contribution in [1.82, 2.24) is 14.5 Å². The quantitative estimate of drug-likeness (QED) is 0.444. The Kier molecular flexibility index (Phi) is 5.94. The van der Waals surface area contributed by atoms with Crippen LogP contribution in [0.1, 0.15) is 5.56 Å². The molecule has 0 radical (unpaired) electrons. The molecule has 6 nitrogen and oxygen atoms in total. The normalized spacial score (nSPS) is 10.9. The van der Waals surface area contributed by atoms with Gasteiger partial charge in [-0.3, -0.25) is 9.36 Å². The molecule has 4 aromatic rings. The highest BCUT2D eigenvalue weighted by Gasteiger charge is 2.15. The fraction of sp³-hybridized carbons (Fsp3) is 0.136. The Morgan fingerprint density at radius 1 is 1.13 bits per heavy atom. The van der Waals surface area contributed by atoms with Gasteiger partial charge < -0.3 is 10.1 Å². The number of pyridine rings is 1. The maximum Gasteiger partial charge on any atom is 0.244 e. The van der Waals surface area contributed by atoms with E-state index in [1.54, 1.807) is 54.3 Å². The summed E-state index contributed by atoms with van der Waals surface area (Å²) in [6, 6.07) is 17.2. The van der Waals surface area contributed by atoms with Crippen LogP contribution in [0, 0.1) is 5.82 Å². The molecule has 8 heteroatoms. The van der Waals surface area contributed by atoms with Crippen molar-refractivity contribution >= 4 is 34.5 Å². The molecule has 1 N–H and O–H groups in total. The molecule has 0 unspecified atom stereocenters. The number of nitrogens with zero attached hydrogens (tertiary/aromatic N) is 3. The van der Waals surface area contributed by atoms with E-state index in [0.717, 1.165) is 16.8 Å². The lowest BCUT2D eigenvalue weighted by atomic mass is 10.2. The van der Waals surface area contributed by atoms with Gasteiger partial charge in [0.05, 0.1) is 7.11 Å². The third-order valence-corrected chi connectivity index (χ3v) is 5.47. The van der Waals surface area contributed by atoms with Gasteiger partial charge in [0.25, 0.3) is 0 Å². The van der Waals surface area contributed by atoms with E-state index >= 15 is 0 Å². The second kappa shape index (κ2) is 8.96. The van der Waals surface area contributed by atoms with Crippen molar-refractivity contribution in [1.29, 1.82) is 0 Å². The maximum atomic E-state index is 13.1. The average molecular weight is 422 g/mol. The summed E-state index contributed by atoms with van der Waals surface area (Å²) >= 11 is 1.48. The SMILES string of the molecule is COc1ccc(NC(=O)Cn2c(SCc3ccc(F)cc3)nc3cccnc32)cc1. The molecule has 0 aliphatic rings. The smallest absolute Gasteiger partial charge is 0.244 e. The van der Waals surface area contributed by atoms with Crippen LogP contribution >= 0.6 is 11.8 Å². The molecule has 0 spiro atoms. The lowest BCUT2D eigenvalue weighted by Crippen LogP contribution is -2.19. The summed E-state index contributed by atoms with van der Waals surface area (Å²) < 4.78 is 20.1. The van der Waals surface area contributed by atoms with Gasteiger partial charge >= 0.3 is 0 Å². The Bertz CT molecular complexity index is 1160. The summed E-state index contributed by atoms with van der Waals surface area (Å²) in [7, 11) is 1.59. The zero-order valence-electron chi connectivity index (χ0n) is 16.2. The average Bonchev–Trinajstić information content (AvgIpc) is 3.11. The number of aromatic nitrogens is 3. The summed E-state index contributed by atoms with van der Waals surface area (Å²) in [5.74, 6) is 0.866. The van der Waals surface area contributed by atoms with Crippen LogP contribution < -0.4 is 10.1 Å². The molecule has 0 saturated carbocycles. The van der Waals surface area contributed by atoms with Crippen LogP contribution in [0.5, 0.6) is 5.75 Å². The first kappa shape index (κ1) is 19.9. The van der Waals surface area contributed by atoms with Crippen LogP contribution in [-0.2, 0) is 17.1 Å². The number of nitrogens with one attached hydrogen (secondary N) is 1. The second-order valence-corrected chi connectivity index (χ2v) is 7.46. The van der Waals surface area contributed by atoms with Gasteiger partial charge in [-0.25, -0.2) is 14.4 Å². The van der Waals surface area contributed by atoms with Gasteiger partial charge in [-0.1, -0.05) is 23.9 Å². The molecule has 30 heavy (non-hydrogen) atoms. The number of thioether (sulfide) groups is 1. The lowest BCUT2D eigenvalue weighted by Gasteiger charge is -2.10. The number of fused-ring (bicyclic) bond motifs is 1. The van der Waals surface area contributed by atoms with Crippen LogP contribution in [0.2, 0.25) is 0 Å². The predicted octanol–water partition coefficient (Wildman–Crippen LogP) is 4.51. The number of rotatable bonds is 7. The maximum absolute atomic E-state index is 13.1. The minimum atomic E-state index is -0.268. The Morgan fingerprint density at radius 2 is 1.90 bits per heavy atom. The molecule has 2 heterocycles. The van der Waals surface area contributed by atoms with Crippen molar-refractivity contribution in [3.63, 3.8) is 0 Å². The molecule has 2 aromatic heterocycles. The van der Waals surface area contributed by atoms with Gasteiger partial charge in [0.1, 0.15) is 23.6 Å². The summed E-state index contributed by atoms with van der Waals surface area (Å²) in [4.78, 5) is 21.7. The predicted molar refractivity (Wildman–Crippen MR) is 115 cm³/mol. The third kappa shape index (κ3) is 4.60. The van der Waals surface area contributed by atoms with E-state index in [1.165, 1.54) is 23.9 Å². The molecule has 0 saturated heterocycles. The molecule has 1 amide bonds. The van der Waals surface area contributed by atoms with Crippen molar-refractivity contribution in [2.75, 3.05) is 12.4 Å². The van der Waals surface area contributed by atoms with Crippen LogP contribution in [0.15, 0.2) is 72.0 Å². The molecule has 0 atom stereocenters. The summed E-state index contributed by atoms with van der Waals surface area (Å²) in [6.07, 6.45) is 1.68. The van der Waals surface area contributed by atoms with E-state index in [2.05, 4.69) is 15.3 Å². The number of halogens is 1. The number of hydrogen-bond acceptors (Lipinski definition) is 5. The third-order valence-electron chi connectivity index (χ3n) is 4.43. The number of methoxy groups -OCH3 is 1. The Hall–Kier alpha value is -3.39. The van der Waals surface area contributed by atoms with Crippen LogP contribution in [-0.4, -0.2) is 27.6 Å². The van der Waals surface area contributed by atoms with E-state index in [0.29, 0.717) is 22.2 Å². The molecular formula is C22H19FN4O2S. The highest BCUT2D eigenvalue weighted by Crippen LogP contribution is 2.26. The number of amides is 1. The van der Waals surface area contributed by atoms with Gasteiger partial charge in [0, 0.05) is 17.6 Å². The number of hydrogen-bond donors (Lipinski definition) is 1. The van der Waals surface area contributed by atoms with Crippen LogP contribution in [0.4, 0.5) is 10.1 Å². The van der Waals surface area contributed by atoms with Gasteiger partial charge in [-0.2, -0.15) is 0 Å². The number of carbonyl (C=O) groups excluding carboxylic acids is 1. The Morgan fingerprint density at radius 3 is 2.63 bits per heavy atom. The first-order valence-corrected chi connectivity index (χ1v) is 10.2. The van der Waals surface area contributed by atoms with Crippen molar-refractivity contribution < 1.29 is 13.9 Å². The minimum Gasteiger partial charge on any atom is -0.497 e. The molecule has 152 valence electrons. The summed E-state index contributed by atoms with van der Waals surface area (Å²) in [6.45, 7) is 0.0747. The number of ether oxygens (including phenoxy) is 1. The zero-order valence-corrected chi connectivity index (χ0v) is 17.0. The molecule has 0 bridgehead atoms. The number of benzene rings is 2. The minimum absolute atomic E-state index is 0.0747. The fourth-order valence-corrected chi connectivity index (χ4v) is 3.90. The molecule has 0 aliphatic heterocycles. The van der Waals surface area contributed by atoms with E-state index in [-0.39, 0.29) is 18.3 Å². The van der Waals surface area contributed by atoms with E-state index in [4.69, 9.17) is 4.74 Å².